The molecule has 0 spiro atoms. The van der Waals surface area contributed by atoms with Crippen molar-refractivity contribution in [1.29, 1.82) is 0 Å². The minimum atomic E-state index is -5.08. The molecule has 1 amide bonds. The van der Waals surface area contributed by atoms with Crippen LogP contribution < -0.4 is 15.3 Å². The SMILES string of the molecule is O=C1CN(c2c(F)c(F)c(-c3cccc(OC(F)(F)F)c3)c(F)c2F)ON1. The minimum Gasteiger partial charge on any atom is -0.406 e. The second kappa shape index (κ2) is 6.61. The van der Waals surface area contributed by atoms with Crippen LogP contribution in [-0.2, 0) is 9.73 Å². The van der Waals surface area contributed by atoms with Gasteiger partial charge < -0.3 is 4.74 Å². The van der Waals surface area contributed by atoms with E-state index in [0.29, 0.717) is 6.07 Å². The van der Waals surface area contributed by atoms with Gasteiger partial charge in [0.25, 0.3) is 5.91 Å². The Hall–Kier alpha value is -3.02. The second-order valence-electron chi connectivity index (χ2n) is 5.21. The number of benzene rings is 2. The molecule has 0 bridgehead atoms. The number of nitrogens with zero attached hydrogens (tertiary/aromatic N) is 1. The van der Waals surface area contributed by atoms with Gasteiger partial charge in [-0.1, -0.05) is 12.1 Å². The summed E-state index contributed by atoms with van der Waals surface area (Å²) in [6.07, 6.45) is -5.08. The van der Waals surface area contributed by atoms with Crippen LogP contribution in [0.4, 0.5) is 36.4 Å². The number of halogens is 7. The van der Waals surface area contributed by atoms with E-state index in [9.17, 15) is 35.5 Å². The first-order chi connectivity index (χ1) is 12.6. The molecule has 1 fully saturated rings. The Bertz CT molecular complexity index is 888. The third-order valence-corrected chi connectivity index (χ3v) is 3.40. The molecule has 1 aliphatic heterocycles. The Morgan fingerprint density at radius 1 is 1.04 bits per heavy atom. The average molecular weight is 396 g/mol. The normalized spacial score (nSPS) is 14.5. The Kier molecular flexibility index (Phi) is 4.59. The van der Waals surface area contributed by atoms with Gasteiger partial charge in [-0.05, 0) is 17.7 Å². The molecule has 27 heavy (non-hydrogen) atoms. The van der Waals surface area contributed by atoms with E-state index in [-0.39, 0.29) is 5.06 Å². The lowest BCUT2D eigenvalue weighted by Gasteiger charge is -2.18. The summed E-state index contributed by atoms with van der Waals surface area (Å²) >= 11 is 0. The van der Waals surface area contributed by atoms with E-state index < -0.39 is 64.6 Å². The van der Waals surface area contributed by atoms with E-state index in [1.165, 1.54) is 0 Å². The smallest absolute Gasteiger partial charge is 0.406 e. The Morgan fingerprint density at radius 3 is 2.19 bits per heavy atom. The van der Waals surface area contributed by atoms with Gasteiger partial charge >= 0.3 is 6.36 Å². The number of rotatable bonds is 3. The summed E-state index contributed by atoms with van der Waals surface area (Å²) in [6, 6.07) is 3.28. The number of amides is 1. The molecule has 1 aliphatic rings. The number of hydrogen-bond donors (Lipinski definition) is 1. The summed E-state index contributed by atoms with van der Waals surface area (Å²) in [7, 11) is 0. The van der Waals surface area contributed by atoms with Crippen molar-refractivity contribution in [3.63, 3.8) is 0 Å². The second-order valence-corrected chi connectivity index (χ2v) is 5.21. The van der Waals surface area contributed by atoms with Crippen LogP contribution >= 0.6 is 0 Å². The van der Waals surface area contributed by atoms with Gasteiger partial charge in [-0.3, -0.25) is 4.79 Å². The van der Waals surface area contributed by atoms with Gasteiger partial charge in [-0.25, -0.2) is 28.1 Å². The highest BCUT2D eigenvalue weighted by atomic mass is 19.4. The van der Waals surface area contributed by atoms with Crippen molar-refractivity contribution in [1.82, 2.24) is 5.48 Å². The van der Waals surface area contributed by atoms with Gasteiger partial charge in [0, 0.05) is 0 Å². The average Bonchev–Trinajstić information content (AvgIpc) is 2.98. The maximum atomic E-state index is 14.4. The number of anilines is 1. The number of hydroxylamine groups is 2. The number of carbonyl (C=O) groups excluding carboxylic acids is 1. The van der Waals surface area contributed by atoms with Crippen molar-refractivity contribution in [2.45, 2.75) is 6.36 Å². The molecule has 1 heterocycles. The first-order valence-corrected chi connectivity index (χ1v) is 7.04. The molecular weight excluding hydrogens is 389 g/mol. The van der Waals surface area contributed by atoms with Gasteiger partial charge in [-0.2, -0.15) is 4.94 Å². The van der Waals surface area contributed by atoms with E-state index in [2.05, 4.69) is 9.68 Å². The highest BCUT2D eigenvalue weighted by Crippen LogP contribution is 2.38. The Balaban J connectivity index is 2.10. The number of hydrogen-bond acceptors (Lipinski definition) is 4. The maximum Gasteiger partial charge on any atom is 0.573 e. The summed E-state index contributed by atoms with van der Waals surface area (Å²) in [5, 5.41) is 0.256. The molecule has 144 valence electrons. The zero-order chi connectivity index (χ0) is 19.9. The molecule has 0 radical (unpaired) electrons. The molecule has 1 saturated heterocycles. The third-order valence-electron chi connectivity index (χ3n) is 3.40. The van der Waals surface area contributed by atoms with Crippen molar-refractivity contribution in [2.24, 2.45) is 0 Å². The summed E-state index contributed by atoms with van der Waals surface area (Å²) in [4.78, 5) is 15.5. The lowest BCUT2D eigenvalue weighted by Crippen LogP contribution is -2.23. The van der Waals surface area contributed by atoms with Gasteiger partial charge in [0.15, 0.2) is 23.3 Å². The summed E-state index contributed by atoms with van der Waals surface area (Å²) in [5.74, 6) is -9.26. The number of nitrogens with one attached hydrogen (secondary N) is 1. The van der Waals surface area contributed by atoms with E-state index in [4.69, 9.17) is 0 Å². The predicted octanol–water partition coefficient (Wildman–Crippen LogP) is 3.59. The van der Waals surface area contributed by atoms with Crippen LogP contribution in [0.15, 0.2) is 24.3 Å². The van der Waals surface area contributed by atoms with Crippen LogP contribution in [-0.4, -0.2) is 18.8 Å². The molecule has 0 atom stereocenters. The Labute approximate surface area is 145 Å². The first-order valence-electron chi connectivity index (χ1n) is 7.04. The lowest BCUT2D eigenvalue weighted by molar-refractivity contribution is -0.274. The molecule has 12 heteroatoms. The van der Waals surface area contributed by atoms with Gasteiger partial charge in [-0.15, -0.1) is 13.2 Å². The molecule has 5 nitrogen and oxygen atoms in total. The molecule has 1 N–H and O–H groups in total. The zero-order valence-electron chi connectivity index (χ0n) is 12.8. The van der Waals surface area contributed by atoms with Crippen molar-refractivity contribution in [3.8, 4) is 16.9 Å². The fraction of sp³-hybridized carbons (Fsp3) is 0.133. The van der Waals surface area contributed by atoms with E-state index >= 15 is 0 Å². The maximum absolute atomic E-state index is 14.4. The van der Waals surface area contributed by atoms with E-state index in [1.807, 2.05) is 0 Å². The lowest BCUT2D eigenvalue weighted by atomic mass is 10.0. The van der Waals surface area contributed by atoms with Crippen LogP contribution in [0.25, 0.3) is 11.1 Å². The molecule has 0 aliphatic carbocycles. The Morgan fingerprint density at radius 2 is 1.67 bits per heavy atom. The van der Waals surface area contributed by atoms with Crippen LogP contribution in [0.3, 0.4) is 0 Å². The molecule has 0 saturated carbocycles. The van der Waals surface area contributed by atoms with Gasteiger partial charge in [0.1, 0.15) is 18.0 Å². The fourth-order valence-corrected chi connectivity index (χ4v) is 2.37. The monoisotopic (exact) mass is 396 g/mol. The van der Waals surface area contributed by atoms with Crippen LogP contribution in [0.2, 0.25) is 0 Å². The number of alkyl halides is 3. The van der Waals surface area contributed by atoms with Crippen molar-refractivity contribution < 1.29 is 45.2 Å². The highest BCUT2D eigenvalue weighted by Gasteiger charge is 2.34. The van der Waals surface area contributed by atoms with E-state index in [1.54, 1.807) is 5.48 Å². The molecule has 0 aromatic heterocycles. The number of carbonyl (C=O) groups is 1. The molecule has 2 aromatic rings. The minimum absolute atomic E-state index is 0.256. The van der Waals surface area contributed by atoms with Crippen LogP contribution in [0, 0.1) is 23.3 Å². The predicted molar refractivity (Wildman–Crippen MR) is 75.0 cm³/mol. The standard InChI is InChI=1S/C15H7F7N2O3/c16-10-9(6-2-1-3-7(4-6)26-15(20,21)22)11(17)13(19)14(12(10)18)24-5-8(25)23-27-24/h1-4H,5H2,(H,23,25). The largest absolute Gasteiger partial charge is 0.573 e. The first kappa shape index (κ1) is 18.8. The quantitative estimate of drug-likeness (QED) is 0.637. The number of ether oxygens (including phenoxy) is 1. The molecule has 2 aromatic carbocycles. The molecular formula is C15H7F7N2O3. The van der Waals surface area contributed by atoms with Crippen molar-refractivity contribution in [3.05, 3.63) is 47.5 Å². The van der Waals surface area contributed by atoms with E-state index in [0.717, 1.165) is 18.2 Å². The molecule has 3 rings (SSSR count). The van der Waals surface area contributed by atoms with Crippen LogP contribution in [0.1, 0.15) is 0 Å². The summed E-state index contributed by atoms with van der Waals surface area (Å²) in [6.45, 7) is -0.735. The topological polar surface area (TPSA) is 50.8 Å². The van der Waals surface area contributed by atoms with Gasteiger partial charge in [0.2, 0.25) is 0 Å². The molecule has 0 unspecified atom stereocenters. The summed E-state index contributed by atoms with van der Waals surface area (Å²) in [5.41, 5.74) is -1.44. The van der Waals surface area contributed by atoms with Crippen molar-refractivity contribution in [2.75, 3.05) is 11.6 Å². The zero-order valence-corrected chi connectivity index (χ0v) is 12.8. The van der Waals surface area contributed by atoms with Crippen LogP contribution in [0.5, 0.6) is 5.75 Å². The third kappa shape index (κ3) is 3.60. The van der Waals surface area contributed by atoms with Gasteiger partial charge in [0.05, 0.1) is 5.56 Å². The highest BCUT2D eigenvalue weighted by molar-refractivity contribution is 5.82. The van der Waals surface area contributed by atoms with Crippen molar-refractivity contribution >= 4 is 11.6 Å². The summed E-state index contributed by atoms with van der Waals surface area (Å²) < 4.78 is 97.8. The fourth-order valence-electron chi connectivity index (χ4n) is 2.37.